The predicted octanol–water partition coefficient (Wildman–Crippen LogP) is 4.14. The predicted molar refractivity (Wildman–Crippen MR) is 95.8 cm³/mol. The molecule has 1 rings (SSSR count). The summed E-state index contributed by atoms with van der Waals surface area (Å²) in [5.41, 5.74) is 6.49. The summed E-state index contributed by atoms with van der Waals surface area (Å²) in [5.74, 6) is -0.151. The Bertz CT molecular complexity index is 596. The minimum Gasteiger partial charge on any atom is -0.393 e. The van der Waals surface area contributed by atoms with E-state index in [1.165, 1.54) is 0 Å². The zero-order valence-electron chi connectivity index (χ0n) is 15.0. The molecule has 0 heterocycles. The Morgan fingerprint density at radius 1 is 1.04 bits per heavy atom. The van der Waals surface area contributed by atoms with Gasteiger partial charge in [-0.1, -0.05) is 27.7 Å². The minimum atomic E-state index is -0.596. The average molecular weight is 338 g/mol. The SMILES string of the molecule is CCCN(CCC)c1c([N+](=O)[O-])c(C)c(C(C)C)c(N)c1[N+](=O)[O-]. The second-order valence-corrected chi connectivity index (χ2v) is 6.15. The third-order valence-corrected chi connectivity index (χ3v) is 4.00. The van der Waals surface area contributed by atoms with E-state index < -0.39 is 9.85 Å². The number of anilines is 2. The van der Waals surface area contributed by atoms with Crippen LogP contribution in [0.15, 0.2) is 0 Å². The molecule has 0 fully saturated rings. The van der Waals surface area contributed by atoms with Crippen LogP contribution in [0.1, 0.15) is 57.6 Å². The van der Waals surface area contributed by atoms with Gasteiger partial charge in [-0.15, -0.1) is 0 Å². The molecule has 1 aromatic carbocycles. The van der Waals surface area contributed by atoms with E-state index in [2.05, 4.69) is 0 Å². The van der Waals surface area contributed by atoms with Gasteiger partial charge in [0.15, 0.2) is 5.69 Å². The van der Waals surface area contributed by atoms with Crippen LogP contribution in [0.4, 0.5) is 22.7 Å². The zero-order valence-corrected chi connectivity index (χ0v) is 15.0. The lowest BCUT2D eigenvalue weighted by atomic mass is 9.92. The minimum absolute atomic E-state index is 0.0327. The van der Waals surface area contributed by atoms with Gasteiger partial charge in [0.1, 0.15) is 5.69 Å². The first-order chi connectivity index (χ1) is 11.2. The standard InChI is InChI=1S/C16H26N4O4/c1-6-8-18(9-7-2)16-14(19(21)22)11(5)12(10(3)4)13(17)15(16)20(23)24/h10H,6-9,17H2,1-5H3. The van der Waals surface area contributed by atoms with Crippen LogP contribution in [0, 0.1) is 27.2 Å². The molecule has 0 saturated heterocycles. The molecule has 0 aromatic heterocycles. The Morgan fingerprint density at radius 2 is 1.50 bits per heavy atom. The van der Waals surface area contributed by atoms with E-state index in [-0.39, 0.29) is 28.7 Å². The van der Waals surface area contributed by atoms with Crippen LogP contribution >= 0.6 is 0 Å². The third-order valence-electron chi connectivity index (χ3n) is 4.00. The van der Waals surface area contributed by atoms with Crippen molar-refractivity contribution in [1.29, 1.82) is 0 Å². The molecule has 134 valence electrons. The van der Waals surface area contributed by atoms with Crippen molar-refractivity contribution in [2.24, 2.45) is 0 Å². The van der Waals surface area contributed by atoms with Gasteiger partial charge in [0.25, 0.3) is 0 Å². The normalized spacial score (nSPS) is 10.9. The molecular weight excluding hydrogens is 312 g/mol. The highest BCUT2D eigenvalue weighted by Crippen LogP contribution is 2.48. The molecule has 8 nitrogen and oxygen atoms in total. The molecule has 0 aliphatic heterocycles. The summed E-state index contributed by atoms with van der Waals surface area (Å²) in [6.07, 6.45) is 1.44. The van der Waals surface area contributed by atoms with E-state index in [9.17, 15) is 20.2 Å². The lowest BCUT2D eigenvalue weighted by Gasteiger charge is -2.26. The molecule has 24 heavy (non-hydrogen) atoms. The molecule has 1 aromatic rings. The van der Waals surface area contributed by atoms with Gasteiger partial charge in [0, 0.05) is 18.7 Å². The average Bonchev–Trinajstić information content (AvgIpc) is 2.44. The molecule has 2 N–H and O–H groups in total. The lowest BCUT2D eigenvalue weighted by Crippen LogP contribution is -2.27. The lowest BCUT2D eigenvalue weighted by molar-refractivity contribution is -0.392. The fourth-order valence-corrected chi connectivity index (χ4v) is 3.20. The first-order valence-electron chi connectivity index (χ1n) is 8.18. The number of hydrogen-bond acceptors (Lipinski definition) is 6. The highest BCUT2D eigenvalue weighted by Gasteiger charge is 2.37. The van der Waals surface area contributed by atoms with Gasteiger partial charge in [-0.3, -0.25) is 20.2 Å². The summed E-state index contributed by atoms with van der Waals surface area (Å²) >= 11 is 0. The summed E-state index contributed by atoms with van der Waals surface area (Å²) in [4.78, 5) is 24.0. The van der Waals surface area contributed by atoms with Gasteiger partial charge >= 0.3 is 11.4 Å². The number of nitrogen functional groups attached to an aromatic ring is 1. The summed E-state index contributed by atoms with van der Waals surface area (Å²) in [5, 5.41) is 23.4. The molecule has 0 aliphatic rings. The maximum absolute atomic E-state index is 11.7. The number of nitrogens with zero attached hydrogens (tertiary/aromatic N) is 3. The number of benzene rings is 1. The smallest absolute Gasteiger partial charge is 0.322 e. The molecule has 0 spiro atoms. The van der Waals surface area contributed by atoms with E-state index >= 15 is 0 Å². The molecule has 0 radical (unpaired) electrons. The number of hydrogen-bond donors (Lipinski definition) is 1. The van der Waals surface area contributed by atoms with Crippen LogP contribution in [0.5, 0.6) is 0 Å². The first kappa shape index (κ1) is 19.7. The maximum atomic E-state index is 11.7. The molecular formula is C16H26N4O4. The molecule has 0 amide bonds. The monoisotopic (exact) mass is 338 g/mol. The molecule has 0 aliphatic carbocycles. The van der Waals surface area contributed by atoms with E-state index in [1.54, 1.807) is 11.8 Å². The summed E-state index contributed by atoms with van der Waals surface area (Å²) in [6, 6.07) is 0. The summed E-state index contributed by atoms with van der Waals surface area (Å²) in [6.45, 7) is 10.1. The fraction of sp³-hybridized carbons (Fsp3) is 0.625. The Labute approximate surface area is 141 Å². The van der Waals surface area contributed by atoms with E-state index in [0.717, 1.165) is 12.8 Å². The van der Waals surface area contributed by atoms with Crippen LogP contribution in [0.3, 0.4) is 0 Å². The van der Waals surface area contributed by atoms with Gasteiger partial charge in [-0.25, -0.2) is 0 Å². The molecule has 0 saturated carbocycles. The van der Waals surface area contributed by atoms with Crippen molar-refractivity contribution < 1.29 is 9.85 Å². The van der Waals surface area contributed by atoms with E-state index in [0.29, 0.717) is 24.2 Å². The van der Waals surface area contributed by atoms with Gasteiger partial charge in [0.2, 0.25) is 0 Å². The maximum Gasteiger partial charge on any atom is 0.322 e. The Kier molecular flexibility index (Phi) is 6.51. The molecule has 0 unspecified atom stereocenters. The van der Waals surface area contributed by atoms with E-state index in [1.807, 2.05) is 27.7 Å². The van der Waals surface area contributed by atoms with Crippen molar-refractivity contribution in [1.82, 2.24) is 0 Å². The number of rotatable bonds is 8. The largest absolute Gasteiger partial charge is 0.393 e. The van der Waals surface area contributed by atoms with Gasteiger partial charge < -0.3 is 10.6 Å². The molecule has 8 heteroatoms. The van der Waals surface area contributed by atoms with Crippen LogP contribution in [0.2, 0.25) is 0 Å². The van der Waals surface area contributed by atoms with Gasteiger partial charge in [-0.2, -0.15) is 0 Å². The van der Waals surface area contributed by atoms with Crippen LogP contribution in [-0.4, -0.2) is 22.9 Å². The number of nitrogens with two attached hydrogens (primary N) is 1. The second-order valence-electron chi connectivity index (χ2n) is 6.15. The molecule has 0 atom stereocenters. The topological polar surface area (TPSA) is 116 Å². The highest BCUT2D eigenvalue weighted by molar-refractivity contribution is 5.88. The zero-order chi connectivity index (χ0) is 18.6. The Balaban J connectivity index is 3.95. The first-order valence-corrected chi connectivity index (χ1v) is 8.18. The summed E-state index contributed by atoms with van der Waals surface area (Å²) in [7, 11) is 0. The number of nitro benzene ring substituents is 2. The van der Waals surface area contributed by atoms with Crippen LogP contribution < -0.4 is 10.6 Å². The van der Waals surface area contributed by atoms with E-state index in [4.69, 9.17) is 5.73 Å². The highest BCUT2D eigenvalue weighted by atomic mass is 16.6. The number of nitro groups is 2. The van der Waals surface area contributed by atoms with Crippen molar-refractivity contribution in [3.63, 3.8) is 0 Å². The third kappa shape index (κ3) is 3.58. The van der Waals surface area contributed by atoms with Crippen molar-refractivity contribution in [3.8, 4) is 0 Å². The second kappa shape index (κ2) is 7.94. The molecule has 0 bridgehead atoms. The van der Waals surface area contributed by atoms with Crippen molar-refractivity contribution in [2.75, 3.05) is 23.7 Å². The van der Waals surface area contributed by atoms with Crippen molar-refractivity contribution >= 4 is 22.7 Å². The Morgan fingerprint density at radius 3 is 1.83 bits per heavy atom. The van der Waals surface area contributed by atoms with Crippen LogP contribution in [0.25, 0.3) is 0 Å². The van der Waals surface area contributed by atoms with Gasteiger partial charge in [0.05, 0.1) is 9.85 Å². The quantitative estimate of drug-likeness (QED) is 0.432. The van der Waals surface area contributed by atoms with Crippen molar-refractivity contribution in [2.45, 2.75) is 53.4 Å². The summed E-state index contributed by atoms with van der Waals surface area (Å²) < 4.78 is 0. The van der Waals surface area contributed by atoms with Gasteiger partial charge in [-0.05, 0) is 31.2 Å². The Hall–Kier alpha value is -2.38. The van der Waals surface area contributed by atoms with Crippen LogP contribution in [-0.2, 0) is 0 Å². The van der Waals surface area contributed by atoms with Crippen molar-refractivity contribution in [3.05, 3.63) is 31.4 Å². The fourth-order valence-electron chi connectivity index (χ4n) is 3.20.